The maximum Gasteiger partial charge on any atom is 0.404 e. The summed E-state index contributed by atoms with van der Waals surface area (Å²) >= 11 is 0. The Morgan fingerprint density at radius 3 is 2.17 bits per heavy atom. The maximum atomic E-state index is 10.3. The van der Waals surface area contributed by atoms with Crippen LogP contribution >= 0.6 is 12.4 Å². The van der Waals surface area contributed by atoms with Crippen LogP contribution in [0.5, 0.6) is 0 Å². The smallest absolute Gasteiger partial charge is 0.404 e. The molecule has 0 bridgehead atoms. The van der Waals surface area contributed by atoms with Gasteiger partial charge in [0.25, 0.3) is 0 Å². The van der Waals surface area contributed by atoms with Gasteiger partial charge < -0.3 is 16.2 Å². The average molecular weight is 195 g/mol. The monoisotopic (exact) mass is 194 g/mol. The topological polar surface area (TPSA) is 78.3 Å². The van der Waals surface area contributed by atoms with Gasteiger partial charge >= 0.3 is 6.09 Å². The van der Waals surface area contributed by atoms with E-state index in [0.717, 1.165) is 25.7 Å². The molecule has 1 saturated carbocycles. The molecule has 4 nitrogen and oxygen atoms in total. The number of primary amides is 1. The van der Waals surface area contributed by atoms with Crippen molar-refractivity contribution in [2.45, 2.75) is 37.8 Å². The molecule has 0 aromatic heterocycles. The first-order valence-corrected chi connectivity index (χ1v) is 3.90. The van der Waals surface area contributed by atoms with Gasteiger partial charge in [0.1, 0.15) is 6.10 Å². The van der Waals surface area contributed by atoms with Gasteiger partial charge in [-0.25, -0.2) is 4.79 Å². The Morgan fingerprint density at radius 2 is 1.75 bits per heavy atom. The molecule has 0 unspecified atom stereocenters. The third-order valence-electron chi connectivity index (χ3n) is 2.00. The highest BCUT2D eigenvalue weighted by Crippen LogP contribution is 2.19. The zero-order chi connectivity index (χ0) is 8.27. The molecule has 0 radical (unpaired) electrons. The number of halogens is 1. The molecule has 1 rings (SSSR count). The van der Waals surface area contributed by atoms with Gasteiger partial charge in [-0.1, -0.05) is 0 Å². The molecule has 1 fully saturated rings. The van der Waals surface area contributed by atoms with E-state index in [-0.39, 0.29) is 24.6 Å². The summed E-state index contributed by atoms with van der Waals surface area (Å²) in [5, 5.41) is 0. The number of ether oxygens (including phenoxy) is 1. The number of rotatable bonds is 1. The molecule has 0 aliphatic heterocycles. The minimum atomic E-state index is -0.675. The van der Waals surface area contributed by atoms with Gasteiger partial charge in [-0.3, -0.25) is 0 Å². The van der Waals surface area contributed by atoms with E-state index in [9.17, 15) is 4.79 Å². The Bertz CT molecular complexity index is 146. The van der Waals surface area contributed by atoms with Crippen LogP contribution in [0.1, 0.15) is 25.7 Å². The molecule has 0 saturated heterocycles. The summed E-state index contributed by atoms with van der Waals surface area (Å²) in [5.74, 6) is 0. The number of carbonyl (C=O) groups excluding carboxylic acids is 1. The summed E-state index contributed by atoms with van der Waals surface area (Å²) in [6.45, 7) is 0. The van der Waals surface area contributed by atoms with E-state index in [0.29, 0.717) is 0 Å². The lowest BCUT2D eigenvalue weighted by Gasteiger charge is -2.24. The molecule has 4 N–H and O–H groups in total. The molecule has 72 valence electrons. The Labute approximate surface area is 78.0 Å². The van der Waals surface area contributed by atoms with E-state index >= 15 is 0 Å². The van der Waals surface area contributed by atoms with Crippen molar-refractivity contribution >= 4 is 18.5 Å². The quantitative estimate of drug-likeness (QED) is 0.648. The van der Waals surface area contributed by atoms with Crippen LogP contribution < -0.4 is 11.5 Å². The van der Waals surface area contributed by atoms with Crippen molar-refractivity contribution < 1.29 is 9.53 Å². The summed E-state index contributed by atoms with van der Waals surface area (Å²) < 4.78 is 4.82. The number of hydrogen-bond acceptors (Lipinski definition) is 3. The Morgan fingerprint density at radius 1 is 1.25 bits per heavy atom. The lowest BCUT2D eigenvalue weighted by atomic mass is 9.94. The van der Waals surface area contributed by atoms with E-state index in [2.05, 4.69) is 0 Å². The first kappa shape index (κ1) is 11.5. The zero-order valence-corrected chi connectivity index (χ0v) is 7.68. The molecule has 0 heterocycles. The van der Waals surface area contributed by atoms with Crippen LogP contribution in [-0.4, -0.2) is 18.2 Å². The largest absolute Gasteiger partial charge is 0.446 e. The van der Waals surface area contributed by atoms with Crippen molar-refractivity contribution in [2.24, 2.45) is 11.5 Å². The van der Waals surface area contributed by atoms with Crippen LogP contribution in [0.2, 0.25) is 0 Å². The van der Waals surface area contributed by atoms with Gasteiger partial charge in [-0.15, -0.1) is 12.4 Å². The fraction of sp³-hybridized carbons (Fsp3) is 0.857. The van der Waals surface area contributed by atoms with Crippen LogP contribution in [0.4, 0.5) is 4.79 Å². The summed E-state index contributed by atoms with van der Waals surface area (Å²) in [5.41, 5.74) is 10.5. The number of carbonyl (C=O) groups is 1. The normalized spacial score (nSPS) is 28.8. The van der Waals surface area contributed by atoms with Gasteiger partial charge in [0, 0.05) is 6.04 Å². The minimum absolute atomic E-state index is 0. The lowest BCUT2D eigenvalue weighted by Crippen LogP contribution is -2.32. The fourth-order valence-electron chi connectivity index (χ4n) is 1.37. The molecule has 5 heteroatoms. The number of hydrogen-bond donors (Lipinski definition) is 2. The first-order chi connectivity index (χ1) is 5.18. The first-order valence-electron chi connectivity index (χ1n) is 3.90. The van der Waals surface area contributed by atoms with E-state index in [4.69, 9.17) is 16.2 Å². The van der Waals surface area contributed by atoms with Crippen molar-refractivity contribution in [3.63, 3.8) is 0 Å². The summed E-state index contributed by atoms with van der Waals surface area (Å²) in [7, 11) is 0. The molecule has 1 amide bonds. The molecule has 0 spiro atoms. The minimum Gasteiger partial charge on any atom is -0.446 e. The highest BCUT2D eigenvalue weighted by molar-refractivity contribution is 5.85. The Balaban J connectivity index is 0.00000121. The van der Waals surface area contributed by atoms with Crippen LogP contribution in [-0.2, 0) is 4.74 Å². The molecule has 12 heavy (non-hydrogen) atoms. The second-order valence-corrected chi connectivity index (χ2v) is 2.97. The van der Waals surface area contributed by atoms with Crippen LogP contribution in [0.3, 0.4) is 0 Å². The lowest BCUT2D eigenvalue weighted by molar-refractivity contribution is 0.0791. The van der Waals surface area contributed by atoms with Crippen molar-refractivity contribution in [1.29, 1.82) is 0 Å². The SMILES string of the molecule is Cl.NC(=O)O[C@H]1CC[C@@H](N)CC1. The third-order valence-corrected chi connectivity index (χ3v) is 2.00. The molecular weight excluding hydrogens is 180 g/mol. The van der Waals surface area contributed by atoms with Gasteiger partial charge in [0.2, 0.25) is 0 Å². The van der Waals surface area contributed by atoms with E-state index in [1.807, 2.05) is 0 Å². The highest BCUT2D eigenvalue weighted by Gasteiger charge is 2.20. The average Bonchev–Trinajstić information content (AvgIpc) is 1.93. The van der Waals surface area contributed by atoms with E-state index in [1.54, 1.807) is 0 Å². The van der Waals surface area contributed by atoms with Crippen molar-refractivity contribution in [3.8, 4) is 0 Å². The summed E-state index contributed by atoms with van der Waals surface area (Å²) in [6.07, 6.45) is 2.89. The summed E-state index contributed by atoms with van der Waals surface area (Å²) in [4.78, 5) is 10.3. The van der Waals surface area contributed by atoms with Crippen LogP contribution in [0.25, 0.3) is 0 Å². The molecular formula is C7H15ClN2O2. The van der Waals surface area contributed by atoms with Gasteiger partial charge in [-0.05, 0) is 25.7 Å². The van der Waals surface area contributed by atoms with Crippen molar-refractivity contribution in [2.75, 3.05) is 0 Å². The standard InChI is InChI=1S/C7H14N2O2.ClH/c8-5-1-3-6(4-2-5)11-7(9)10;/h5-6H,1-4,8H2,(H2,9,10);1H/t5-,6+;. The van der Waals surface area contributed by atoms with Gasteiger partial charge in [-0.2, -0.15) is 0 Å². The Hall–Kier alpha value is -0.480. The van der Waals surface area contributed by atoms with Crippen molar-refractivity contribution in [3.05, 3.63) is 0 Å². The molecule has 1 aliphatic rings. The predicted molar refractivity (Wildman–Crippen MR) is 48.1 cm³/mol. The molecule has 0 aromatic carbocycles. The summed E-state index contributed by atoms with van der Waals surface area (Å²) in [6, 6.07) is 0.280. The molecule has 0 aromatic rings. The fourth-order valence-corrected chi connectivity index (χ4v) is 1.37. The molecule has 1 aliphatic carbocycles. The van der Waals surface area contributed by atoms with Gasteiger partial charge in [0.15, 0.2) is 0 Å². The van der Waals surface area contributed by atoms with Gasteiger partial charge in [0.05, 0.1) is 0 Å². The van der Waals surface area contributed by atoms with E-state index in [1.165, 1.54) is 0 Å². The van der Waals surface area contributed by atoms with E-state index < -0.39 is 6.09 Å². The second-order valence-electron chi connectivity index (χ2n) is 2.97. The van der Waals surface area contributed by atoms with Crippen molar-refractivity contribution in [1.82, 2.24) is 0 Å². The Kier molecular flexibility index (Phi) is 5.01. The second kappa shape index (κ2) is 5.22. The predicted octanol–water partition coefficient (Wildman–Crippen LogP) is 0.773. The van der Waals surface area contributed by atoms with Crippen LogP contribution in [0, 0.1) is 0 Å². The number of amides is 1. The number of nitrogens with two attached hydrogens (primary N) is 2. The zero-order valence-electron chi connectivity index (χ0n) is 6.86. The van der Waals surface area contributed by atoms with Crippen LogP contribution in [0.15, 0.2) is 0 Å². The highest BCUT2D eigenvalue weighted by atomic mass is 35.5. The molecule has 0 atom stereocenters. The maximum absolute atomic E-state index is 10.3. The third kappa shape index (κ3) is 3.78.